The Morgan fingerprint density at radius 3 is 1.86 bits per heavy atom. The topological polar surface area (TPSA) is 0 Å². The minimum atomic E-state index is 1.19. The van der Waals surface area contributed by atoms with Crippen LogP contribution in [0.5, 0.6) is 0 Å². The molecule has 0 atom stereocenters. The molecule has 0 unspecified atom stereocenters. The predicted molar refractivity (Wildman–Crippen MR) is 95.6 cm³/mol. The number of benzene rings is 1. The fourth-order valence-corrected chi connectivity index (χ4v) is 2.71. The van der Waals surface area contributed by atoms with Crippen LogP contribution in [0, 0.1) is 0 Å². The zero-order valence-corrected chi connectivity index (χ0v) is 13.9. The molecule has 0 heteroatoms. The molecule has 1 aromatic carbocycles. The van der Waals surface area contributed by atoms with Crippen molar-refractivity contribution in [1.29, 1.82) is 0 Å². The molecule has 0 aliphatic heterocycles. The van der Waals surface area contributed by atoms with Crippen molar-refractivity contribution in [2.75, 3.05) is 0 Å². The van der Waals surface area contributed by atoms with E-state index in [1.54, 1.807) is 0 Å². The molecule has 116 valence electrons. The van der Waals surface area contributed by atoms with Gasteiger partial charge in [-0.3, -0.25) is 0 Å². The molecule has 0 saturated heterocycles. The van der Waals surface area contributed by atoms with Gasteiger partial charge in [0.05, 0.1) is 0 Å². The average Bonchev–Trinajstić information content (AvgIpc) is 2.51. The van der Waals surface area contributed by atoms with Gasteiger partial charge >= 0.3 is 0 Å². The second-order valence-electron chi connectivity index (χ2n) is 6.02. The fourth-order valence-electron chi connectivity index (χ4n) is 2.71. The van der Waals surface area contributed by atoms with Crippen LogP contribution in [0.1, 0.15) is 82.3 Å². The molecule has 0 amide bonds. The molecule has 0 radical (unpaired) electrons. The van der Waals surface area contributed by atoms with Crippen LogP contribution in [0.3, 0.4) is 0 Å². The van der Waals surface area contributed by atoms with Crippen LogP contribution in [-0.2, 0) is 6.42 Å². The van der Waals surface area contributed by atoms with Crippen molar-refractivity contribution in [2.24, 2.45) is 0 Å². The molecule has 0 saturated carbocycles. The normalized spacial score (nSPS) is 10.3. The Kier molecular flexibility index (Phi) is 10.6. The molecule has 1 aromatic rings. The van der Waals surface area contributed by atoms with Crippen molar-refractivity contribution < 1.29 is 0 Å². The molecule has 1 rings (SSSR count). The van der Waals surface area contributed by atoms with E-state index in [0.717, 1.165) is 0 Å². The molecule has 0 nitrogen and oxygen atoms in total. The summed E-state index contributed by atoms with van der Waals surface area (Å²) in [6.45, 7) is 5.89. The standard InChI is InChI=1S/C21H32/c1-3-5-6-7-8-9-10-11-12-13-15-21-18-16-20(14-4-2)17-19-21/h14,16-19H,2-3,5-13,15H2,1H3. The average molecular weight is 284 g/mol. The van der Waals surface area contributed by atoms with Crippen LogP contribution >= 0.6 is 0 Å². The third-order valence-electron chi connectivity index (χ3n) is 4.07. The highest BCUT2D eigenvalue weighted by Crippen LogP contribution is 2.13. The summed E-state index contributed by atoms with van der Waals surface area (Å²) in [4.78, 5) is 0. The zero-order chi connectivity index (χ0) is 15.2. The molecule has 0 aliphatic rings. The monoisotopic (exact) mass is 284 g/mol. The Morgan fingerprint density at radius 2 is 1.33 bits per heavy atom. The van der Waals surface area contributed by atoms with E-state index in [2.05, 4.69) is 43.5 Å². The molecule has 0 bridgehead atoms. The van der Waals surface area contributed by atoms with Gasteiger partial charge in [0.2, 0.25) is 0 Å². The van der Waals surface area contributed by atoms with Crippen molar-refractivity contribution in [2.45, 2.75) is 77.6 Å². The van der Waals surface area contributed by atoms with E-state index in [0.29, 0.717) is 0 Å². The lowest BCUT2D eigenvalue weighted by Crippen LogP contribution is -1.87. The highest BCUT2D eigenvalue weighted by molar-refractivity contribution is 5.48. The SMILES string of the molecule is C=C=Cc1ccc(CCCCCCCCCCCC)cc1. The number of aryl methyl sites for hydroxylation is 1. The van der Waals surface area contributed by atoms with Crippen molar-refractivity contribution in [1.82, 2.24) is 0 Å². The van der Waals surface area contributed by atoms with Crippen LogP contribution in [0.25, 0.3) is 6.08 Å². The first-order valence-electron chi connectivity index (χ1n) is 8.81. The lowest BCUT2D eigenvalue weighted by Gasteiger charge is -2.03. The summed E-state index contributed by atoms with van der Waals surface area (Å²) >= 11 is 0. The number of unbranched alkanes of at least 4 members (excludes halogenated alkanes) is 9. The van der Waals surface area contributed by atoms with Gasteiger partial charge in [0.1, 0.15) is 0 Å². The first-order valence-corrected chi connectivity index (χ1v) is 8.81. The molecule has 0 N–H and O–H groups in total. The highest BCUT2D eigenvalue weighted by Gasteiger charge is 1.95. The summed E-state index contributed by atoms with van der Waals surface area (Å²) in [5.41, 5.74) is 5.46. The van der Waals surface area contributed by atoms with Crippen molar-refractivity contribution in [3.05, 3.63) is 47.7 Å². The van der Waals surface area contributed by atoms with Crippen LogP contribution in [-0.4, -0.2) is 0 Å². The van der Waals surface area contributed by atoms with Gasteiger partial charge in [0, 0.05) is 0 Å². The second kappa shape index (κ2) is 12.5. The summed E-state index contributed by atoms with van der Waals surface area (Å²) in [7, 11) is 0. The summed E-state index contributed by atoms with van der Waals surface area (Å²) in [5, 5.41) is 0. The summed E-state index contributed by atoms with van der Waals surface area (Å²) in [6, 6.07) is 8.78. The number of rotatable bonds is 12. The molecule has 21 heavy (non-hydrogen) atoms. The van der Waals surface area contributed by atoms with E-state index in [4.69, 9.17) is 0 Å². The zero-order valence-electron chi connectivity index (χ0n) is 13.9. The largest absolute Gasteiger partial charge is 0.128 e. The number of hydrogen-bond donors (Lipinski definition) is 0. The highest BCUT2D eigenvalue weighted by atomic mass is 14.0. The van der Waals surface area contributed by atoms with Gasteiger partial charge in [-0.15, -0.1) is 5.73 Å². The molecular formula is C21H32. The fraction of sp³-hybridized carbons (Fsp3) is 0.571. The van der Waals surface area contributed by atoms with E-state index in [1.807, 2.05) is 6.08 Å². The van der Waals surface area contributed by atoms with Crippen molar-refractivity contribution in [3.8, 4) is 0 Å². The Bertz CT molecular complexity index is 393. The smallest absolute Gasteiger partial charge is 0.0133 e. The van der Waals surface area contributed by atoms with Crippen LogP contribution in [0.4, 0.5) is 0 Å². The van der Waals surface area contributed by atoms with Gasteiger partial charge in [-0.25, -0.2) is 0 Å². The summed E-state index contributed by atoms with van der Waals surface area (Å²) < 4.78 is 0. The predicted octanol–water partition coefficient (Wildman–Crippen LogP) is 6.95. The second-order valence-corrected chi connectivity index (χ2v) is 6.02. The van der Waals surface area contributed by atoms with E-state index >= 15 is 0 Å². The van der Waals surface area contributed by atoms with Gasteiger partial charge in [-0.1, -0.05) is 95.6 Å². The molecule has 0 heterocycles. The van der Waals surface area contributed by atoms with Gasteiger partial charge < -0.3 is 0 Å². The molecule has 0 fully saturated rings. The Morgan fingerprint density at radius 1 is 0.810 bits per heavy atom. The van der Waals surface area contributed by atoms with Gasteiger partial charge in [0.15, 0.2) is 0 Å². The lowest BCUT2D eigenvalue weighted by atomic mass is 10.0. The minimum absolute atomic E-state index is 1.19. The molecule has 0 aromatic heterocycles. The van der Waals surface area contributed by atoms with Gasteiger partial charge in [-0.05, 0) is 30.0 Å². The van der Waals surface area contributed by atoms with Gasteiger partial charge in [0.25, 0.3) is 0 Å². The molecule has 0 aliphatic carbocycles. The first-order chi connectivity index (χ1) is 10.4. The van der Waals surface area contributed by atoms with Gasteiger partial charge in [-0.2, -0.15) is 0 Å². The van der Waals surface area contributed by atoms with Crippen LogP contribution in [0.2, 0.25) is 0 Å². The van der Waals surface area contributed by atoms with E-state index in [9.17, 15) is 0 Å². The first kappa shape index (κ1) is 17.8. The summed E-state index contributed by atoms with van der Waals surface area (Å²) in [5.74, 6) is 0. The summed E-state index contributed by atoms with van der Waals surface area (Å²) in [6.07, 6.45) is 17.2. The maximum Gasteiger partial charge on any atom is -0.0133 e. The van der Waals surface area contributed by atoms with Crippen molar-refractivity contribution in [3.63, 3.8) is 0 Å². The van der Waals surface area contributed by atoms with E-state index in [-0.39, 0.29) is 0 Å². The molecule has 0 spiro atoms. The Labute approximate surface area is 132 Å². The Balaban J connectivity index is 1.97. The minimum Gasteiger partial charge on any atom is -0.128 e. The third kappa shape index (κ3) is 9.32. The Hall–Kier alpha value is -1.26. The third-order valence-corrected chi connectivity index (χ3v) is 4.07. The maximum absolute atomic E-state index is 3.60. The van der Waals surface area contributed by atoms with Crippen molar-refractivity contribution >= 4 is 6.08 Å². The molecular weight excluding hydrogens is 252 g/mol. The maximum atomic E-state index is 3.60. The number of hydrogen-bond acceptors (Lipinski definition) is 0. The van der Waals surface area contributed by atoms with Crippen LogP contribution in [0.15, 0.2) is 36.6 Å². The van der Waals surface area contributed by atoms with Crippen LogP contribution < -0.4 is 0 Å². The van der Waals surface area contributed by atoms with E-state index in [1.165, 1.54) is 81.8 Å². The van der Waals surface area contributed by atoms with E-state index < -0.39 is 0 Å². The quantitative estimate of drug-likeness (QED) is 0.288. The lowest BCUT2D eigenvalue weighted by molar-refractivity contribution is 0.556.